The lowest BCUT2D eigenvalue weighted by atomic mass is 9.87. The van der Waals surface area contributed by atoms with E-state index >= 15 is 0 Å². The maximum atomic E-state index is 13.6. The van der Waals surface area contributed by atoms with Crippen molar-refractivity contribution in [1.82, 2.24) is 0 Å². The van der Waals surface area contributed by atoms with E-state index in [-0.39, 0.29) is 18.3 Å². The minimum Gasteiger partial charge on any atom is -0.392 e. The molecule has 0 radical (unpaired) electrons. The van der Waals surface area contributed by atoms with E-state index < -0.39 is 6.10 Å². The van der Waals surface area contributed by atoms with Crippen LogP contribution in [0.3, 0.4) is 0 Å². The summed E-state index contributed by atoms with van der Waals surface area (Å²) < 4.78 is 13.6. The van der Waals surface area contributed by atoms with Crippen LogP contribution in [0.1, 0.15) is 38.2 Å². The van der Waals surface area contributed by atoms with Crippen molar-refractivity contribution in [1.29, 1.82) is 0 Å². The van der Waals surface area contributed by atoms with Crippen LogP contribution in [0.15, 0.2) is 24.3 Å². The summed E-state index contributed by atoms with van der Waals surface area (Å²) in [5, 5.41) is 10.1. The standard InChI is InChI=1S/C14H22FNO/c1-3-10(2)8-14(17)12(9-16)11-6-4-5-7-13(11)15/h4-7,10,12,14,17H,3,8-9,16H2,1-2H3. The number of aliphatic hydroxyl groups excluding tert-OH is 1. The van der Waals surface area contributed by atoms with E-state index in [4.69, 9.17) is 5.73 Å². The lowest BCUT2D eigenvalue weighted by Gasteiger charge is -2.24. The summed E-state index contributed by atoms with van der Waals surface area (Å²) in [6.45, 7) is 4.43. The molecule has 0 saturated heterocycles. The van der Waals surface area contributed by atoms with E-state index in [2.05, 4.69) is 13.8 Å². The molecule has 0 fully saturated rings. The van der Waals surface area contributed by atoms with Crippen molar-refractivity contribution in [3.63, 3.8) is 0 Å². The molecule has 1 aromatic carbocycles. The maximum absolute atomic E-state index is 13.6. The summed E-state index contributed by atoms with van der Waals surface area (Å²) >= 11 is 0. The van der Waals surface area contributed by atoms with Crippen LogP contribution in [-0.4, -0.2) is 17.8 Å². The van der Waals surface area contributed by atoms with Gasteiger partial charge < -0.3 is 10.8 Å². The van der Waals surface area contributed by atoms with E-state index in [1.807, 2.05) is 0 Å². The Labute approximate surface area is 103 Å². The average molecular weight is 239 g/mol. The lowest BCUT2D eigenvalue weighted by molar-refractivity contribution is 0.116. The Kier molecular flexibility index (Phi) is 5.59. The Morgan fingerprint density at radius 1 is 1.35 bits per heavy atom. The van der Waals surface area contributed by atoms with Crippen molar-refractivity contribution in [3.05, 3.63) is 35.6 Å². The molecule has 96 valence electrons. The van der Waals surface area contributed by atoms with E-state index in [9.17, 15) is 9.50 Å². The first-order chi connectivity index (χ1) is 8.10. The van der Waals surface area contributed by atoms with Gasteiger partial charge in [0.25, 0.3) is 0 Å². The molecule has 3 unspecified atom stereocenters. The highest BCUT2D eigenvalue weighted by Crippen LogP contribution is 2.26. The molecule has 1 aromatic rings. The Hall–Kier alpha value is -0.930. The first kappa shape index (κ1) is 14.1. The fraction of sp³-hybridized carbons (Fsp3) is 0.571. The van der Waals surface area contributed by atoms with Gasteiger partial charge in [-0.05, 0) is 24.0 Å². The molecule has 0 aromatic heterocycles. The highest BCUT2D eigenvalue weighted by Gasteiger charge is 2.23. The number of benzene rings is 1. The smallest absolute Gasteiger partial charge is 0.126 e. The number of nitrogens with two attached hydrogens (primary N) is 1. The van der Waals surface area contributed by atoms with Crippen molar-refractivity contribution in [2.75, 3.05) is 6.54 Å². The van der Waals surface area contributed by atoms with Crippen molar-refractivity contribution < 1.29 is 9.50 Å². The molecule has 2 nitrogen and oxygen atoms in total. The number of rotatable bonds is 6. The predicted molar refractivity (Wildman–Crippen MR) is 68.3 cm³/mol. The monoisotopic (exact) mass is 239 g/mol. The van der Waals surface area contributed by atoms with Gasteiger partial charge in [-0.15, -0.1) is 0 Å². The summed E-state index contributed by atoms with van der Waals surface area (Å²) in [7, 11) is 0. The van der Waals surface area contributed by atoms with Gasteiger partial charge >= 0.3 is 0 Å². The first-order valence-corrected chi connectivity index (χ1v) is 6.22. The van der Waals surface area contributed by atoms with Crippen molar-refractivity contribution in [2.24, 2.45) is 11.7 Å². The summed E-state index contributed by atoms with van der Waals surface area (Å²) in [5.74, 6) is -0.179. The van der Waals surface area contributed by atoms with Crippen LogP contribution < -0.4 is 5.73 Å². The number of aliphatic hydroxyl groups is 1. The van der Waals surface area contributed by atoms with Crippen LogP contribution in [0, 0.1) is 11.7 Å². The molecule has 0 amide bonds. The SMILES string of the molecule is CCC(C)CC(O)C(CN)c1ccccc1F. The molecule has 0 saturated carbocycles. The molecule has 0 aliphatic heterocycles. The summed E-state index contributed by atoms with van der Waals surface area (Å²) in [4.78, 5) is 0. The van der Waals surface area contributed by atoms with Crippen LogP contribution >= 0.6 is 0 Å². The van der Waals surface area contributed by atoms with Crippen LogP contribution in [0.2, 0.25) is 0 Å². The number of hydrogen-bond donors (Lipinski definition) is 2. The van der Waals surface area contributed by atoms with Gasteiger partial charge in [0.05, 0.1) is 6.10 Å². The van der Waals surface area contributed by atoms with Gasteiger partial charge in [0.2, 0.25) is 0 Å². The van der Waals surface area contributed by atoms with Gasteiger partial charge in [0.15, 0.2) is 0 Å². The third-order valence-corrected chi connectivity index (χ3v) is 3.36. The van der Waals surface area contributed by atoms with Crippen molar-refractivity contribution in [3.8, 4) is 0 Å². The Morgan fingerprint density at radius 3 is 2.53 bits per heavy atom. The molecule has 1 rings (SSSR count). The van der Waals surface area contributed by atoms with Gasteiger partial charge in [-0.3, -0.25) is 0 Å². The molecular formula is C14H22FNO. The summed E-state index contributed by atoms with van der Waals surface area (Å²) in [5.41, 5.74) is 6.18. The molecule has 3 N–H and O–H groups in total. The summed E-state index contributed by atoms with van der Waals surface area (Å²) in [6.07, 6.45) is 1.09. The third kappa shape index (κ3) is 3.79. The summed E-state index contributed by atoms with van der Waals surface area (Å²) in [6, 6.07) is 6.53. The first-order valence-electron chi connectivity index (χ1n) is 6.22. The number of hydrogen-bond acceptors (Lipinski definition) is 2. The molecular weight excluding hydrogens is 217 g/mol. The quantitative estimate of drug-likeness (QED) is 0.801. The molecule has 0 aliphatic carbocycles. The molecule has 0 spiro atoms. The Balaban J connectivity index is 2.81. The van der Waals surface area contributed by atoms with Gasteiger partial charge in [-0.25, -0.2) is 4.39 Å². The maximum Gasteiger partial charge on any atom is 0.126 e. The van der Waals surface area contributed by atoms with Crippen LogP contribution in [0.25, 0.3) is 0 Å². The minimum atomic E-state index is -0.577. The Bertz CT molecular complexity index is 343. The fourth-order valence-corrected chi connectivity index (χ4v) is 2.01. The van der Waals surface area contributed by atoms with Gasteiger partial charge in [-0.2, -0.15) is 0 Å². The molecule has 0 bridgehead atoms. The van der Waals surface area contributed by atoms with Crippen molar-refractivity contribution in [2.45, 2.75) is 38.7 Å². The highest BCUT2D eigenvalue weighted by molar-refractivity contribution is 5.23. The molecule has 3 atom stereocenters. The topological polar surface area (TPSA) is 46.2 Å². The van der Waals surface area contributed by atoms with Crippen molar-refractivity contribution >= 4 is 0 Å². The van der Waals surface area contributed by atoms with E-state index in [1.54, 1.807) is 18.2 Å². The molecule has 17 heavy (non-hydrogen) atoms. The highest BCUT2D eigenvalue weighted by atomic mass is 19.1. The average Bonchev–Trinajstić information content (AvgIpc) is 2.32. The van der Waals surface area contributed by atoms with Gasteiger partial charge in [-0.1, -0.05) is 38.5 Å². The Morgan fingerprint density at radius 2 is 2.00 bits per heavy atom. The molecule has 0 aliphatic rings. The third-order valence-electron chi connectivity index (χ3n) is 3.36. The minimum absolute atomic E-state index is 0.262. The van der Waals surface area contributed by atoms with E-state index in [0.29, 0.717) is 17.9 Å². The second-order valence-electron chi connectivity index (χ2n) is 4.68. The second-order valence-corrected chi connectivity index (χ2v) is 4.68. The zero-order valence-corrected chi connectivity index (χ0v) is 10.6. The van der Waals surface area contributed by atoms with Gasteiger partial charge in [0.1, 0.15) is 5.82 Å². The van der Waals surface area contributed by atoms with Gasteiger partial charge in [0, 0.05) is 12.5 Å². The van der Waals surface area contributed by atoms with E-state index in [1.165, 1.54) is 6.07 Å². The fourth-order valence-electron chi connectivity index (χ4n) is 2.01. The number of halogens is 1. The zero-order valence-electron chi connectivity index (χ0n) is 10.6. The van der Waals surface area contributed by atoms with E-state index in [0.717, 1.165) is 6.42 Å². The molecule has 3 heteroatoms. The van der Waals surface area contributed by atoms with Crippen LogP contribution in [0.4, 0.5) is 4.39 Å². The predicted octanol–water partition coefficient (Wildman–Crippen LogP) is 2.67. The second kappa shape index (κ2) is 6.72. The van der Waals surface area contributed by atoms with Crippen LogP contribution in [0.5, 0.6) is 0 Å². The lowest BCUT2D eigenvalue weighted by Crippen LogP contribution is -2.28. The molecule has 0 heterocycles. The zero-order chi connectivity index (χ0) is 12.8. The normalized spacial score (nSPS) is 16.5. The van der Waals surface area contributed by atoms with Crippen LogP contribution in [-0.2, 0) is 0 Å². The largest absolute Gasteiger partial charge is 0.392 e.